The van der Waals surface area contributed by atoms with Gasteiger partial charge in [-0.15, -0.1) is 10.2 Å². The predicted octanol–water partition coefficient (Wildman–Crippen LogP) is 4.44. The maximum atomic E-state index is 5.91. The van der Waals surface area contributed by atoms with Crippen LogP contribution in [0.4, 0.5) is 5.82 Å². The molecule has 0 aliphatic carbocycles. The maximum absolute atomic E-state index is 5.91. The van der Waals surface area contributed by atoms with E-state index in [1.165, 1.54) is 0 Å². The Kier molecular flexibility index (Phi) is 5.98. The van der Waals surface area contributed by atoms with E-state index in [2.05, 4.69) is 20.5 Å². The number of aromatic nitrogens is 3. The lowest BCUT2D eigenvalue weighted by Crippen LogP contribution is -2.04. The van der Waals surface area contributed by atoms with Gasteiger partial charge in [0, 0.05) is 29.9 Å². The Balaban J connectivity index is 1.56. The zero-order valence-electron chi connectivity index (χ0n) is 17.5. The number of benzene rings is 2. The number of pyridine rings is 1. The number of methoxy groups -OCH3 is 3. The molecule has 0 amide bonds. The summed E-state index contributed by atoms with van der Waals surface area (Å²) in [6.07, 6.45) is 1.71. The smallest absolute Gasteiger partial charge is 0.251 e. The second-order valence-electron chi connectivity index (χ2n) is 6.57. The van der Waals surface area contributed by atoms with Crippen molar-refractivity contribution >= 4 is 5.82 Å². The minimum absolute atomic E-state index is 0.378. The van der Waals surface area contributed by atoms with Gasteiger partial charge in [0.25, 0.3) is 5.89 Å². The number of hydrogen-bond acceptors (Lipinski definition) is 8. The van der Waals surface area contributed by atoms with Gasteiger partial charge in [-0.25, -0.2) is 4.98 Å². The monoisotopic (exact) mass is 418 g/mol. The highest BCUT2D eigenvalue weighted by molar-refractivity contribution is 5.69. The van der Waals surface area contributed by atoms with Crippen LogP contribution in [0.15, 0.2) is 65.2 Å². The molecule has 2 aromatic heterocycles. The third kappa shape index (κ3) is 4.42. The van der Waals surface area contributed by atoms with E-state index < -0.39 is 0 Å². The van der Waals surface area contributed by atoms with Gasteiger partial charge in [-0.3, -0.25) is 0 Å². The fraction of sp³-hybridized carbons (Fsp3) is 0.174. The first-order valence-electron chi connectivity index (χ1n) is 9.60. The summed E-state index contributed by atoms with van der Waals surface area (Å²) in [6, 6.07) is 16.8. The van der Waals surface area contributed by atoms with Crippen LogP contribution in [0.1, 0.15) is 5.56 Å². The van der Waals surface area contributed by atoms with Crippen molar-refractivity contribution in [1.29, 1.82) is 0 Å². The Labute approximate surface area is 179 Å². The fourth-order valence-electron chi connectivity index (χ4n) is 3.08. The van der Waals surface area contributed by atoms with Crippen molar-refractivity contribution in [3.63, 3.8) is 0 Å². The first-order valence-corrected chi connectivity index (χ1v) is 9.60. The molecule has 2 heterocycles. The lowest BCUT2D eigenvalue weighted by molar-refractivity contribution is 0.391. The summed E-state index contributed by atoms with van der Waals surface area (Å²) < 4.78 is 21.8. The molecule has 158 valence electrons. The lowest BCUT2D eigenvalue weighted by Gasteiger charge is -2.12. The van der Waals surface area contributed by atoms with Crippen LogP contribution in [0, 0.1) is 0 Å². The predicted molar refractivity (Wildman–Crippen MR) is 116 cm³/mol. The molecular weight excluding hydrogens is 396 g/mol. The van der Waals surface area contributed by atoms with Crippen LogP contribution in [0.3, 0.4) is 0 Å². The quantitative estimate of drug-likeness (QED) is 0.449. The van der Waals surface area contributed by atoms with Crippen LogP contribution in [0.5, 0.6) is 17.2 Å². The van der Waals surface area contributed by atoms with Crippen LogP contribution >= 0.6 is 0 Å². The molecule has 1 N–H and O–H groups in total. The molecule has 4 aromatic rings. The Morgan fingerprint density at radius 2 is 1.58 bits per heavy atom. The van der Waals surface area contributed by atoms with Crippen LogP contribution in [0.25, 0.3) is 22.9 Å². The third-order valence-electron chi connectivity index (χ3n) is 4.74. The molecule has 31 heavy (non-hydrogen) atoms. The Bertz CT molecular complexity index is 1160. The van der Waals surface area contributed by atoms with Gasteiger partial charge in [-0.2, -0.15) is 0 Å². The number of hydrogen-bond donors (Lipinski definition) is 1. The van der Waals surface area contributed by atoms with Crippen molar-refractivity contribution in [3.05, 3.63) is 66.4 Å². The highest BCUT2D eigenvalue weighted by Gasteiger charge is 2.15. The molecule has 0 aliphatic heterocycles. The Morgan fingerprint density at radius 3 is 2.32 bits per heavy atom. The Morgan fingerprint density at radius 1 is 0.839 bits per heavy atom. The molecule has 0 unspecified atom stereocenters. The van der Waals surface area contributed by atoms with E-state index in [9.17, 15) is 0 Å². The van der Waals surface area contributed by atoms with E-state index in [1.807, 2.05) is 54.6 Å². The van der Waals surface area contributed by atoms with Crippen LogP contribution < -0.4 is 19.5 Å². The largest absolute Gasteiger partial charge is 0.497 e. The molecule has 0 saturated heterocycles. The highest BCUT2D eigenvalue weighted by atomic mass is 16.5. The average molecular weight is 418 g/mol. The highest BCUT2D eigenvalue weighted by Crippen LogP contribution is 2.30. The molecule has 0 radical (unpaired) electrons. The fourth-order valence-corrected chi connectivity index (χ4v) is 3.08. The van der Waals surface area contributed by atoms with Crippen molar-refractivity contribution < 1.29 is 18.6 Å². The van der Waals surface area contributed by atoms with E-state index in [-0.39, 0.29) is 0 Å². The molecular formula is C23H22N4O4. The van der Waals surface area contributed by atoms with Crippen molar-refractivity contribution in [2.75, 3.05) is 26.6 Å². The van der Waals surface area contributed by atoms with E-state index >= 15 is 0 Å². The molecule has 0 aliphatic rings. The first-order chi connectivity index (χ1) is 15.2. The number of nitrogens with one attached hydrogen (secondary N) is 1. The number of rotatable bonds is 8. The zero-order chi connectivity index (χ0) is 21.6. The summed E-state index contributed by atoms with van der Waals surface area (Å²) in [4.78, 5) is 4.44. The summed E-state index contributed by atoms with van der Waals surface area (Å²) in [7, 11) is 4.87. The van der Waals surface area contributed by atoms with Gasteiger partial charge in [0.05, 0.1) is 26.9 Å². The van der Waals surface area contributed by atoms with Gasteiger partial charge in [-0.1, -0.05) is 0 Å². The molecule has 0 bridgehead atoms. The summed E-state index contributed by atoms with van der Waals surface area (Å²) in [6.45, 7) is 0.497. The standard InChI is InChI=1S/C23H22N4O4/c1-28-17-9-6-15(7-10-17)22-26-27-23(31-22)19-5-4-12-24-21(19)25-14-16-8-11-18(29-2)13-20(16)30-3/h4-13H,14H2,1-3H3,(H,24,25). The molecule has 2 aromatic carbocycles. The third-order valence-corrected chi connectivity index (χ3v) is 4.74. The molecule has 8 heteroatoms. The summed E-state index contributed by atoms with van der Waals surface area (Å²) in [5.74, 6) is 3.65. The van der Waals surface area contributed by atoms with Crippen LogP contribution in [-0.2, 0) is 6.54 Å². The van der Waals surface area contributed by atoms with Crippen LogP contribution in [0.2, 0.25) is 0 Å². The van der Waals surface area contributed by atoms with Crippen molar-refractivity contribution in [1.82, 2.24) is 15.2 Å². The van der Waals surface area contributed by atoms with Gasteiger partial charge in [-0.05, 0) is 48.5 Å². The van der Waals surface area contributed by atoms with Crippen molar-refractivity contribution in [2.24, 2.45) is 0 Å². The normalized spacial score (nSPS) is 10.5. The van der Waals surface area contributed by atoms with Gasteiger partial charge in [0.15, 0.2) is 0 Å². The molecule has 4 rings (SSSR count). The SMILES string of the molecule is COc1ccc(-c2nnc(-c3cccnc3NCc3ccc(OC)cc3OC)o2)cc1. The van der Waals surface area contributed by atoms with Crippen molar-refractivity contribution in [2.45, 2.75) is 6.54 Å². The lowest BCUT2D eigenvalue weighted by atomic mass is 10.2. The molecule has 0 atom stereocenters. The topological polar surface area (TPSA) is 91.5 Å². The summed E-state index contributed by atoms with van der Waals surface area (Å²) in [5, 5.41) is 11.7. The maximum Gasteiger partial charge on any atom is 0.251 e. The molecule has 0 saturated carbocycles. The van der Waals surface area contributed by atoms with E-state index in [4.69, 9.17) is 18.6 Å². The average Bonchev–Trinajstić information content (AvgIpc) is 3.33. The first kappa shape index (κ1) is 20.2. The van der Waals surface area contributed by atoms with Crippen molar-refractivity contribution in [3.8, 4) is 40.2 Å². The minimum atomic E-state index is 0.378. The molecule has 0 spiro atoms. The van der Waals surface area contributed by atoms with Gasteiger partial charge < -0.3 is 23.9 Å². The molecule has 8 nitrogen and oxygen atoms in total. The minimum Gasteiger partial charge on any atom is -0.497 e. The van der Waals surface area contributed by atoms with Gasteiger partial charge in [0.1, 0.15) is 23.1 Å². The second-order valence-corrected chi connectivity index (χ2v) is 6.57. The van der Waals surface area contributed by atoms with Gasteiger partial charge >= 0.3 is 0 Å². The zero-order valence-corrected chi connectivity index (χ0v) is 17.5. The number of anilines is 1. The Hall–Kier alpha value is -4.07. The second kappa shape index (κ2) is 9.17. The van der Waals surface area contributed by atoms with E-state index in [1.54, 1.807) is 27.5 Å². The van der Waals surface area contributed by atoms with Gasteiger partial charge in [0.2, 0.25) is 5.89 Å². The van der Waals surface area contributed by atoms with E-state index in [0.717, 1.165) is 28.4 Å². The van der Waals surface area contributed by atoms with E-state index in [0.29, 0.717) is 29.7 Å². The number of nitrogens with zero attached hydrogens (tertiary/aromatic N) is 3. The van der Waals surface area contributed by atoms with Crippen LogP contribution in [-0.4, -0.2) is 36.5 Å². The summed E-state index contributed by atoms with van der Waals surface area (Å²) in [5.41, 5.74) is 2.48. The number of ether oxygens (including phenoxy) is 3. The molecule has 0 fully saturated rings. The summed E-state index contributed by atoms with van der Waals surface area (Å²) >= 11 is 0.